The number of hydrogen-bond acceptors (Lipinski definition) is 5. The Bertz CT molecular complexity index is 484. The van der Waals surface area contributed by atoms with Crippen LogP contribution in [0.5, 0.6) is 0 Å². The second-order valence-electron chi connectivity index (χ2n) is 4.89. The number of pyridine rings is 1. The smallest absolute Gasteiger partial charge is 0.311 e. The van der Waals surface area contributed by atoms with Gasteiger partial charge in [0, 0.05) is 13.2 Å². The average Bonchev–Trinajstić information content (AvgIpc) is 2.89. The summed E-state index contributed by atoms with van der Waals surface area (Å²) in [6, 6.07) is 5.77. The van der Waals surface area contributed by atoms with E-state index < -0.39 is 0 Å². The molecule has 0 amide bonds. The largest absolute Gasteiger partial charge is 0.466 e. The van der Waals surface area contributed by atoms with Crippen LogP contribution in [0.2, 0.25) is 0 Å². The summed E-state index contributed by atoms with van der Waals surface area (Å²) in [7, 11) is 0. The molecule has 1 aliphatic rings. The molecule has 0 radical (unpaired) electrons. The molecule has 1 aliphatic heterocycles. The summed E-state index contributed by atoms with van der Waals surface area (Å²) in [5, 5.41) is 0. The maximum absolute atomic E-state index is 12.1. The fourth-order valence-electron chi connectivity index (χ4n) is 2.66. The molecular formula is C15H21BrN2O3. The van der Waals surface area contributed by atoms with E-state index in [2.05, 4.69) is 25.8 Å². The van der Waals surface area contributed by atoms with Gasteiger partial charge in [-0.15, -0.1) is 0 Å². The van der Waals surface area contributed by atoms with Crippen molar-refractivity contribution in [2.45, 2.75) is 26.3 Å². The minimum absolute atomic E-state index is 0.0224. The Hall–Kier alpha value is -1.14. The molecule has 116 valence electrons. The maximum atomic E-state index is 12.1. The van der Waals surface area contributed by atoms with Crippen molar-refractivity contribution in [3.63, 3.8) is 0 Å². The van der Waals surface area contributed by atoms with Crippen LogP contribution in [-0.2, 0) is 14.3 Å². The van der Waals surface area contributed by atoms with E-state index in [0.717, 1.165) is 23.4 Å². The van der Waals surface area contributed by atoms with Gasteiger partial charge in [-0.3, -0.25) is 4.79 Å². The lowest BCUT2D eigenvalue weighted by Crippen LogP contribution is -2.40. The lowest BCUT2D eigenvalue weighted by atomic mass is 10.0. The summed E-state index contributed by atoms with van der Waals surface area (Å²) in [6.07, 6.45) is 0.769. The standard InChI is InChI=1S/C15H21BrN2O3/c1-3-20-10-12-11(15(19)21-4-2)8-9-18(12)14-7-5-6-13(16)17-14/h5-7,11-12H,3-4,8-10H2,1-2H3. The fourth-order valence-corrected chi connectivity index (χ4v) is 3.00. The van der Waals surface area contributed by atoms with Crippen LogP contribution in [0.4, 0.5) is 5.82 Å². The van der Waals surface area contributed by atoms with Crippen molar-refractivity contribution >= 4 is 27.7 Å². The lowest BCUT2D eigenvalue weighted by Gasteiger charge is -2.28. The Balaban J connectivity index is 2.18. The zero-order chi connectivity index (χ0) is 15.2. The van der Waals surface area contributed by atoms with Gasteiger partial charge in [0.2, 0.25) is 0 Å². The molecule has 1 aromatic heterocycles. The predicted octanol–water partition coefficient (Wildman–Crippen LogP) is 2.64. The summed E-state index contributed by atoms with van der Waals surface area (Å²) in [4.78, 5) is 18.8. The van der Waals surface area contributed by atoms with Gasteiger partial charge in [-0.05, 0) is 48.3 Å². The number of hydrogen-bond donors (Lipinski definition) is 0. The number of carbonyl (C=O) groups is 1. The lowest BCUT2D eigenvalue weighted by molar-refractivity contribution is -0.148. The van der Waals surface area contributed by atoms with Gasteiger partial charge in [-0.25, -0.2) is 4.98 Å². The molecule has 1 aromatic rings. The molecule has 0 N–H and O–H groups in total. The van der Waals surface area contributed by atoms with Gasteiger partial charge in [-0.1, -0.05) is 6.07 Å². The molecular weight excluding hydrogens is 336 g/mol. The van der Waals surface area contributed by atoms with Gasteiger partial charge >= 0.3 is 5.97 Å². The minimum Gasteiger partial charge on any atom is -0.466 e. The molecule has 2 atom stereocenters. The number of carbonyl (C=O) groups excluding carboxylic acids is 1. The maximum Gasteiger partial charge on any atom is 0.311 e. The number of halogens is 1. The summed E-state index contributed by atoms with van der Waals surface area (Å²) < 4.78 is 11.5. The van der Waals surface area contributed by atoms with Gasteiger partial charge in [-0.2, -0.15) is 0 Å². The quantitative estimate of drug-likeness (QED) is 0.579. The number of esters is 1. The Kier molecular flexibility index (Phi) is 5.99. The average molecular weight is 357 g/mol. The van der Waals surface area contributed by atoms with Gasteiger partial charge in [0.25, 0.3) is 0 Å². The van der Waals surface area contributed by atoms with Crippen molar-refractivity contribution in [3.8, 4) is 0 Å². The monoisotopic (exact) mass is 356 g/mol. The summed E-state index contributed by atoms with van der Waals surface area (Å²) in [5.41, 5.74) is 0. The van der Waals surface area contributed by atoms with Crippen molar-refractivity contribution in [1.82, 2.24) is 4.98 Å². The second kappa shape index (κ2) is 7.75. The van der Waals surface area contributed by atoms with Crippen molar-refractivity contribution in [2.75, 3.05) is 31.3 Å². The first-order valence-corrected chi connectivity index (χ1v) is 8.10. The number of ether oxygens (including phenoxy) is 2. The van der Waals surface area contributed by atoms with E-state index in [1.165, 1.54) is 0 Å². The van der Waals surface area contributed by atoms with Crippen LogP contribution >= 0.6 is 15.9 Å². The highest BCUT2D eigenvalue weighted by Crippen LogP contribution is 2.30. The first-order valence-electron chi connectivity index (χ1n) is 7.31. The Morgan fingerprint density at radius 1 is 1.43 bits per heavy atom. The molecule has 21 heavy (non-hydrogen) atoms. The van der Waals surface area contributed by atoms with E-state index in [1.807, 2.05) is 32.0 Å². The van der Waals surface area contributed by atoms with E-state index >= 15 is 0 Å². The third kappa shape index (κ3) is 3.95. The van der Waals surface area contributed by atoms with E-state index in [9.17, 15) is 4.79 Å². The van der Waals surface area contributed by atoms with Crippen LogP contribution in [0.15, 0.2) is 22.8 Å². The summed E-state index contributed by atoms with van der Waals surface area (Å²) >= 11 is 3.39. The highest BCUT2D eigenvalue weighted by atomic mass is 79.9. The zero-order valence-electron chi connectivity index (χ0n) is 12.4. The summed E-state index contributed by atoms with van der Waals surface area (Å²) in [6.45, 7) is 6.12. The highest BCUT2D eigenvalue weighted by Gasteiger charge is 2.40. The Morgan fingerprint density at radius 2 is 2.24 bits per heavy atom. The first kappa shape index (κ1) is 16.2. The van der Waals surface area contributed by atoms with Gasteiger partial charge in [0.1, 0.15) is 10.4 Å². The Morgan fingerprint density at radius 3 is 2.90 bits per heavy atom. The van der Waals surface area contributed by atoms with Gasteiger partial charge in [0.15, 0.2) is 0 Å². The molecule has 1 fully saturated rings. The predicted molar refractivity (Wildman–Crippen MR) is 84.3 cm³/mol. The summed E-state index contributed by atoms with van der Waals surface area (Å²) in [5.74, 6) is 0.567. The molecule has 0 aromatic carbocycles. The third-order valence-corrected chi connectivity index (χ3v) is 4.06. The molecule has 2 heterocycles. The van der Waals surface area contributed by atoms with Crippen molar-refractivity contribution in [3.05, 3.63) is 22.8 Å². The molecule has 0 bridgehead atoms. The van der Waals surface area contributed by atoms with E-state index in [-0.39, 0.29) is 17.9 Å². The van der Waals surface area contributed by atoms with Crippen LogP contribution in [0.3, 0.4) is 0 Å². The van der Waals surface area contributed by atoms with Gasteiger partial charge in [0.05, 0.1) is 25.2 Å². The molecule has 5 nitrogen and oxygen atoms in total. The topological polar surface area (TPSA) is 51.7 Å². The number of aromatic nitrogens is 1. The number of anilines is 1. The first-order chi connectivity index (χ1) is 10.2. The molecule has 6 heteroatoms. The molecule has 0 spiro atoms. The van der Waals surface area contributed by atoms with Crippen LogP contribution in [0.1, 0.15) is 20.3 Å². The van der Waals surface area contributed by atoms with Crippen LogP contribution in [-0.4, -0.2) is 43.4 Å². The van der Waals surface area contributed by atoms with Crippen LogP contribution < -0.4 is 4.90 Å². The molecule has 1 saturated heterocycles. The molecule has 2 rings (SSSR count). The van der Waals surface area contributed by atoms with Crippen LogP contribution in [0, 0.1) is 5.92 Å². The van der Waals surface area contributed by atoms with Crippen molar-refractivity contribution < 1.29 is 14.3 Å². The molecule has 2 unspecified atom stereocenters. The Labute approximate surface area is 133 Å². The van der Waals surface area contributed by atoms with Gasteiger partial charge < -0.3 is 14.4 Å². The number of rotatable bonds is 6. The van der Waals surface area contributed by atoms with E-state index in [0.29, 0.717) is 19.8 Å². The van der Waals surface area contributed by atoms with E-state index in [1.54, 1.807) is 0 Å². The van der Waals surface area contributed by atoms with Crippen LogP contribution in [0.25, 0.3) is 0 Å². The fraction of sp³-hybridized carbons (Fsp3) is 0.600. The van der Waals surface area contributed by atoms with E-state index in [4.69, 9.17) is 9.47 Å². The molecule has 0 aliphatic carbocycles. The third-order valence-electron chi connectivity index (χ3n) is 3.62. The molecule has 0 saturated carbocycles. The second-order valence-corrected chi connectivity index (χ2v) is 5.70. The zero-order valence-corrected chi connectivity index (χ0v) is 14.0. The van der Waals surface area contributed by atoms with Crippen molar-refractivity contribution in [2.24, 2.45) is 5.92 Å². The van der Waals surface area contributed by atoms with Crippen molar-refractivity contribution in [1.29, 1.82) is 0 Å². The number of nitrogens with zero attached hydrogens (tertiary/aromatic N) is 2. The SMILES string of the molecule is CCOCC1C(C(=O)OCC)CCN1c1cccc(Br)n1. The highest BCUT2D eigenvalue weighted by molar-refractivity contribution is 9.10. The normalized spacial score (nSPS) is 21.6. The minimum atomic E-state index is -0.155.